The van der Waals surface area contributed by atoms with E-state index >= 15 is 0 Å². The average Bonchev–Trinajstić information content (AvgIpc) is 3.24. The molecule has 7 nitrogen and oxygen atoms in total. The molecule has 9 heteroatoms. The number of nitrogens with zero attached hydrogens (tertiary/aromatic N) is 3. The Morgan fingerprint density at radius 1 is 1.30 bits per heavy atom. The van der Waals surface area contributed by atoms with Gasteiger partial charge in [0.05, 0.1) is 11.4 Å². The number of para-hydroxylation sites is 1. The van der Waals surface area contributed by atoms with E-state index < -0.39 is 10.0 Å². The predicted molar refractivity (Wildman–Crippen MR) is 106 cm³/mol. The van der Waals surface area contributed by atoms with Gasteiger partial charge in [-0.15, -0.1) is 11.3 Å². The number of anilines is 1. The van der Waals surface area contributed by atoms with Crippen molar-refractivity contribution in [2.24, 2.45) is 0 Å². The Kier molecular flexibility index (Phi) is 4.75. The fourth-order valence-corrected chi connectivity index (χ4v) is 5.42. The fraction of sp³-hybridized carbons (Fsp3) is 0.333. The van der Waals surface area contributed by atoms with Crippen LogP contribution in [0.3, 0.4) is 0 Å². The monoisotopic (exact) mass is 404 g/mol. The van der Waals surface area contributed by atoms with E-state index in [-0.39, 0.29) is 18.2 Å². The van der Waals surface area contributed by atoms with E-state index in [0.29, 0.717) is 24.6 Å². The summed E-state index contributed by atoms with van der Waals surface area (Å²) in [5, 5.41) is 4.46. The van der Waals surface area contributed by atoms with Crippen molar-refractivity contribution in [3.63, 3.8) is 0 Å². The maximum Gasteiger partial charge on any atom is 0.246 e. The number of carbonyl (C=O) groups excluding carboxylic acids is 1. The summed E-state index contributed by atoms with van der Waals surface area (Å²) in [4.78, 5) is 17.8. The molecule has 1 aliphatic rings. The Morgan fingerprint density at radius 2 is 2.11 bits per heavy atom. The number of carbonyl (C=O) groups is 1. The first-order chi connectivity index (χ1) is 13.0. The number of aromatic nitrogens is 2. The van der Waals surface area contributed by atoms with Gasteiger partial charge in [0.15, 0.2) is 5.13 Å². The molecule has 0 atom stereocenters. The quantitative estimate of drug-likeness (QED) is 0.708. The number of hydrogen-bond donors (Lipinski definition) is 1. The maximum absolute atomic E-state index is 12.4. The predicted octanol–water partition coefficient (Wildman–Crippen LogP) is 2.44. The van der Waals surface area contributed by atoms with Crippen molar-refractivity contribution in [2.75, 3.05) is 17.6 Å². The Balaban J connectivity index is 1.46. The molecule has 27 heavy (non-hydrogen) atoms. The molecule has 0 fully saturated rings. The van der Waals surface area contributed by atoms with Gasteiger partial charge in [-0.25, -0.2) is 13.4 Å². The van der Waals surface area contributed by atoms with Crippen LogP contribution in [-0.4, -0.2) is 40.5 Å². The molecular formula is C18H20N4O3S2. The Bertz CT molecular complexity index is 1100. The number of fused-ring (bicyclic) bond motifs is 2. The van der Waals surface area contributed by atoms with E-state index in [1.165, 1.54) is 15.6 Å². The first kappa shape index (κ1) is 18.1. The lowest BCUT2D eigenvalue weighted by atomic mass is 10.2. The molecule has 0 unspecified atom stereocenters. The van der Waals surface area contributed by atoms with E-state index in [2.05, 4.69) is 10.3 Å². The first-order valence-corrected chi connectivity index (χ1v) is 11.2. The molecule has 142 valence electrons. The van der Waals surface area contributed by atoms with Crippen LogP contribution in [0.25, 0.3) is 10.9 Å². The third-order valence-electron chi connectivity index (χ3n) is 4.69. The molecule has 2 aromatic heterocycles. The van der Waals surface area contributed by atoms with E-state index in [1.807, 2.05) is 41.1 Å². The molecule has 1 aliphatic heterocycles. The summed E-state index contributed by atoms with van der Waals surface area (Å²) in [6.45, 7) is 2.62. The molecule has 0 spiro atoms. The van der Waals surface area contributed by atoms with Crippen molar-refractivity contribution in [2.45, 2.75) is 26.4 Å². The normalized spacial score (nSPS) is 15.0. The van der Waals surface area contributed by atoms with Crippen molar-refractivity contribution in [3.05, 3.63) is 47.1 Å². The number of amides is 1. The Labute approximate surface area is 161 Å². The summed E-state index contributed by atoms with van der Waals surface area (Å²) in [6.07, 6.45) is 2.47. The standard InChI is InChI=1S/C18H20N4O3S2/c1-2-27(24,25)22-10-8-14-16(11-22)26-18(19-14)20-17(23)12-21-9-7-13-5-3-4-6-15(13)21/h3-7,9H,2,8,10-12H2,1H3,(H,19,20,23). The lowest BCUT2D eigenvalue weighted by Crippen LogP contribution is -2.36. The number of rotatable bonds is 5. The molecule has 0 bridgehead atoms. The second-order valence-corrected chi connectivity index (χ2v) is 9.76. The Morgan fingerprint density at radius 3 is 2.93 bits per heavy atom. The van der Waals surface area contributed by atoms with Gasteiger partial charge in [0.1, 0.15) is 6.54 Å². The zero-order valence-electron chi connectivity index (χ0n) is 14.9. The van der Waals surface area contributed by atoms with Gasteiger partial charge in [-0.05, 0) is 24.4 Å². The minimum absolute atomic E-state index is 0.0928. The van der Waals surface area contributed by atoms with Crippen LogP contribution in [0.1, 0.15) is 17.5 Å². The zero-order valence-corrected chi connectivity index (χ0v) is 16.5. The van der Waals surface area contributed by atoms with Gasteiger partial charge >= 0.3 is 0 Å². The van der Waals surface area contributed by atoms with Crippen molar-refractivity contribution < 1.29 is 13.2 Å². The molecular weight excluding hydrogens is 384 g/mol. The first-order valence-electron chi connectivity index (χ1n) is 8.76. The van der Waals surface area contributed by atoms with Crippen LogP contribution in [0.5, 0.6) is 0 Å². The van der Waals surface area contributed by atoms with E-state index in [0.717, 1.165) is 21.5 Å². The lowest BCUT2D eigenvalue weighted by Gasteiger charge is -2.24. The van der Waals surface area contributed by atoms with E-state index in [1.54, 1.807) is 6.92 Å². The van der Waals surface area contributed by atoms with E-state index in [9.17, 15) is 13.2 Å². The molecule has 4 rings (SSSR count). The lowest BCUT2D eigenvalue weighted by molar-refractivity contribution is -0.116. The third-order valence-corrected chi connectivity index (χ3v) is 7.52. The average molecular weight is 405 g/mol. The van der Waals surface area contributed by atoms with Gasteiger partial charge < -0.3 is 9.88 Å². The Hall–Kier alpha value is -2.23. The molecule has 1 aromatic carbocycles. The van der Waals surface area contributed by atoms with Crippen LogP contribution in [-0.2, 0) is 34.3 Å². The van der Waals surface area contributed by atoms with Gasteiger partial charge in [0, 0.05) is 36.1 Å². The van der Waals surface area contributed by atoms with Gasteiger partial charge in [-0.2, -0.15) is 4.31 Å². The van der Waals surface area contributed by atoms with Gasteiger partial charge in [0.25, 0.3) is 0 Å². The number of sulfonamides is 1. The highest BCUT2D eigenvalue weighted by atomic mass is 32.2. The summed E-state index contributed by atoms with van der Waals surface area (Å²) in [5.74, 6) is -0.0595. The van der Waals surface area contributed by atoms with Crippen LogP contribution >= 0.6 is 11.3 Å². The second kappa shape index (κ2) is 7.06. The second-order valence-electron chi connectivity index (χ2n) is 6.42. The van der Waals surface area contributed by atoms with Crippen LogP contribution in [0, 0.1) is 0 Å². The number of nitrogens with one attached hydrogen (secondary N) is 1. The summed E-state index contributed by atoms with van der Waals surface area (Å²) in [7, 11) is -3.21. The molecule has 0 aliphatic carbocycles. The minimum atomic E-state index is -3.21. The van der Waals surface area contributed by atoms with Crippen molar-refractivity contribution in [1.82, 2.24) is 13.9 Å². The van der Waals surface area contributed by atoms with Crippen LogP contribution < -0.4 is 5.32 Å². The smallest absolute Gasteiger partial charge is 0.246 e. The highest BCUT2D eigenvalue weighted by Gasteiger charge is 2.28. The van der Waals surface area contributed by atoms with Gasteiger partial charge in [-0.3, -0.25) is 4.79 Å². The number of hydrogen-bond acceptors (Lipinski definition) is 5. The SMILES string of the molecule is CCS(=O)(=O)N1CCc2nc(NC(=O)Cn3ccc4ccccc43)sc2C1. The maximum atomic E-state index is 12.4. The summed E-state index contributed by atoms with van der Waals surface area (Å²) in [6, 6.07) is 9.88. The number of thiazole rings is 1. The molecule has 3 aromatic rings. The van der Waals surface area contributed by atoms with Gasteiger partial charge in [-0.1, -0.05) is 18.2 Å². The summed E-state index contributed by atoms with van der Waals surface area (Å²) < 4.78 is 27.5. The van der Waals surface area contributed by atoms with Crippen molar-refractivity contribution >= 4 is 43.3 Å². The largest absolute Gasteiger partial charge is 0.338 e. The zero-order chi connectivity index (χ0) is 19.0. The number of benzene rings is 1. The van der Waals surface area contributed by atoms with Crippen LogP contribution in [0.15, 0.2) is 36.5 Å². The highest BCUT2D eigenvalue weighted by molar-refractivity contribution is 7.89. The van der Waals surface area contributed by atoms with Gasteiger partial charge in [0.2, 0.25) is 15.9 Å². The van der Waals surface area contributed by atoms with Crippen molar-refractivity contribution in [1.29, 1.82) is 0 Å². The molecule has 0 saturated heterocycles. The van der Waals surface area contributed by atoms with Crippen LogP contribution in [0.2, 0.25) is 0 Å². The molecule has 1 amide bonds. The van der Waals surface area contributed by atoms with Crippen LogP contribution in [0.4, 0.5) is 5.13 Å². The molecule has 0 radical (unpaired) electrons. The van der Waals surface area contributed by atoms with Crippen molar-refractivity contribution in [3.8, 4) is 0 Å². The fourth-order valence-electron chi connectivity index (χ4n) is 3.24. The minimum Gasteiger partial charge on any atom is -0.338 e. The van der Waals surface area contributed by atoms with E-state index in [4.69, 9.17) is 0 Å². The summed E-state index contributed by atoms with van der Waals surface area (Å²) in [5.41, 5.74) is 1.88. The summed E-state index contributed by atoms with van der Waals surface area (Å²) >= 11 is 1.35. The topological polar surface area (TPSA) is 84.3 Å². The molecule has 1 N–H and O–H groups in total. The molecule has 0 saturated carbocycles. The third kappa shape index (κ3) is 3.62. The highest BCUT2D eigenvalue weighted by Crippen LogP contribution is 2.29. The molecule has 3 heterocycles.